The highest BCUT2D eigenvalue weighted by molar-refractivity contribution is 5.73. The third kappa shape index (κ3) is 2.54. The highest BCUT2D eigenvalue weighted by atomic mass is 19.1. The SMILES string of the molecule is CN(C)C1(c2ccc3c(c2)N(c2ncc(-c4ccccc4F)cn2)CC32CC2)CC1. The Hall–Kier alpha value is -2.79. The van der Waals surface area contributed by atoms with Gasteiger partial charge in [-0.05, 0) is 63.0 Å². The minimum atomic E-state index is -0.250. The van der Waals surface area contributed by atoms with Gasteiger partial charge in [0.15, 0.2) is 0 Å². The number of fused-ring (bicyclic) bond motifs is 2. The van der Waals surface area contributed by atoms with Gasteiger partial charge >= 0.3 is 0 Å². The molecule has 0 radical (unpaired) electrons. The summed E-state index contributed by atoms with van der Waals surface area (Å²) in [5.74, 6) is 0.451. The molecular formula is C25H25FN4. The van der Waals surface area contributed by atoms with Gasteiger partial charge in [0.2, 0.25) is 5.95 Å². The molecule has 3 aromatic rings. The molecule has 152 valence electrons. The summed E-state index contributed by atoms with van der Waals surface area (Å²) >= 11 is 0. The Kier molecular flexibility index (Phi) is 3.67. The first-order valence-corrected chi connectivity index (χ1v) is 10.7. The Bertz CT molecular complexity index is 1130. The Balaban J connectivity index is 1.38. The van der Waals surface area contributed by atoms with E-state index in [1.54, 1.807) is 24.5 Å². The van der Waals surface area contributed by atoms with Crippen molar-refractivity contribution >= 4 is 11.6 Å². The first kappa shape index (κ1) is 18.0. The minimum Gasteiger partial charge on any atom is -0.309 e. The predicted molar refractivity (Wildman–Crippen MR) is 116 cm³/mol. The van der Waals surface area contributed by atoms with Gasteiger partial charge in [0.05, 0.1) is 0 Å². The first-order valence-electron chi connectivity index (χ1n) is 10.7. The highest BCUT2D eigenvalue weighted by Crippen LogP contribution is 2.59. The number of halogens is 1. The molecule has 2 saturated carbocycles. The van der Waals surface area contributed by atoms with Crippen LogP contribution < -0.4 is 4.90 Å². The summed E-state index contributed by atoms with van der Waals surface area (Å²) in [4.78, 5) is 13.9. The second kappa shape index (κ2) is 6.11. The van der Waals surface area contributed by atoms with Crippen molar-refractivity contribution in [2.45, 2.75) is 36.6 Å². The van der Waals surface area contributed by atoms with Crippen LogP contribution in [-0.2, 0) is 11.0 Å². The molecule has 3 aliphatic rings. The van der Waals surface area contributed by atoms with E-state index in [0.717, 1.165) is 6.54 Å². The molecule has 4 nitrogen and oxygen atoms in total. The molecule has 2 fully saturated rings. The van der Waals surface area contributed by atoms with Gasteiger partial charge in [0.1, 0.15) is 5.82 Å². The maximum Gasteiger partial charge on any atom is 0.229 e. The fraction of sp³-hybridized carbons (Fsp3) is 0.360. The van der Waals surface area contributed by atoms with E-state index < -0.39 is 0 Å². The number of benzene rings is 2. The van der Waals surface area contributed by atoms with Gasteiger partial charge in [-0.25, -0.2) is 14.4 Å². The highest BCUT2D eigenvalue weighted by Gasteiger charge is 2.54. The van der Waals surface area contributed by atoms with Gasteiger partial charge in [-0.15, -0.1) is 0 Å². The number of hydrogen-bond acceptors (Lipinski definition) is 4. The molecule has 1 aromatic heterocycles. The molecular weight excluding hydrogens is 375 g/mol. The second-order valence-electron chi connectivity index (χ2n) is 9.28. The molecule has 5 heteroatoms. The minimum absolute atomic E-state index is 0.176. The number of rotatable bonds is 4. The molecule has 2 heterocycles. The molecule has 0 N–H and O–H groups in total. The third-order valence-corrected chi connectivity index (χ3v) is 7.36. The molecule has 0 atom stereocenters. The van der Waals surface area contributed by atoms with Crippen molar-refractivity contribution in [2.24, 2.45) is 0 Å². The number of nitrogens with zero attached hydrogens (tertiary/aromatic N) is 4. The molecule has 6 rings (SSSR count). The lowest BCUT2D eigenvalue weighted by atomic mass is 9.94. The maximum atomic E-state index is 14.1. The fourth-order valence-corrected chi connectivity index (χ4v) is 5.13. The first-order chi connectivity index (χ1) is 14.5. The third-order valence-electron chi connectivity index (χ3n) is 7.36. The van der Waals surface area contributed by atoms with Crippen LogP contribution in [0.15, 0.2) is 54.9 Å². The van der Waals surface area contributed by atoms with Crippen LogP contribution in [0.3, 0.4) is 0 Å². The number of aromatic nitrogens is 2. The van der Waals surface area contributed by atoms with Crippen LogP contribution >= 0.6 is 0 Å². The summed E-state index contributed by atoms with van der Waals surface area (Å²) in [6, 6.07) is 13.8. The zero-order valence-electron chi connectivity index (χ0n) is 17.4. The summed E-state index contributed by atoms with van der Waals surface area (Å²) in [6.45, 7) is 0.930. The summed E-state index contributed by atoms with van der Waals surface area (Å²) in [6.07, 6.45) is 8.34. The van der Waals surface area contributed by atoms with Crippen LogP contribution in [0.1, 0.15) is 36.8 Å². The second-order valence-corrected chi connectivity index (χ2v) is 9.28. The number of anilines is 2. The van der Waals surface area contributed by atoms with E-state index in [4.69, 9.17) is 0 Å². The fourth-order valence-electron chi connectivity index (χ4n) is 5.13. The quantitative estimate of drug-likeness (QED) is 0.616. The number of hydrogen-bond donors (Lipinski definition) is 0. The Morgan fingerprint density at radius 1 is 0.967 bits per heavy atom. The Morgan fingerprint density at radius 2 is 1.70 bits per heavy atom. The van der Waals surface area contributed by atoms with Gasteiger partial charge in [0, 0.05) is 46.7 Å². The average Bonchev–Trinajstić information content (AvgIpc) is 3.67. The van der Waals surface area contributed by atoms with Crippen molar-refractivity contribution in [1.29, 1.82) is 0 Å². The summed E-state index contributed by atoms with van der Waals surface area (Å²) in [5.41, 5.74) is 5.74. The molecule has 0 unspecified atom stereocenters. The van der Waals surface area contributed by atoms with E-state index >= 15 is 0 Å². The molecule has 2 aliphatic carbocycles. The molecule has 30 heavy (non-hydrogen) atoms. The smallest absolute Gasteiger partial charge is 0.229 e. The van der Waals surface area contributed by atoms with Crippen molar-refractivity contribution in [3.8, 4) is 11.1 Å². The van der Waals surface area contributed by atoms with Crippen LogP contribution in [0.4, 0.5) is 16.0 Å². The monoisotopic (exact) mass is 400 g/mol. The van der Waals surface area contributed by atoms with Crippen molar-refractivity contribution in [2.75, 3.05) is 25.5 Å². The van der Waals surface area contributed by atoms with Crippen LogP contribution in [0.5, 0.6) is 0 Å². The van der Waals surface area contributed by atoms with E-state index in [0.29, 0.717) is 17.1 Å². The van der Waals surface area contributed by atoms with Crippen molar-refractivity contribution in [3.63, 3.8) is 0 Å². The summed E-state index contributed by atoms with van der Waals surface area (Å²) in [7, 11) is 4.34. The van der Waals surface area contributed by atoms with E-state index in [1.165, 1.54) is 48.6 Å². The van der Waals surface area contributed by atoms with E-state index in [-0.39, 0.29) is 16.8 Å². The maximum absolute atomic E-state index is 14.1. The van der Waals surface area contributed by atoms with Crippen LogP contribution in [-0.4, -0.2) is 35.5 Å². The molecule has 0 amide bonds. The lowest BCUT2D eigenvalue weighted by Crippen LogP contribution is -2.27. The molecule has 0 saturated heterocycles. The van der Waals surface area contributed by atoms with Gasteiger partial charge in [-0.3, -0.25) is 4.90 Å². The predicted octanol–water partition coefficient (Wildman–Crippen LogP) is 5.02. The Labute approximate surface area is 176 Å². The van der Waals surface area contributed by atoms with E-state index in [1.807, 2.05) is 6.07 Å². The average molecular weight is 401 g/mol. The van der Waals surface area contributed by atoms with Crippen LogP contribution in [0.25, 0.3) is 11.1 Å². The zero-order chi connectivity index (χ0) is 20.5. The van der Waals surface area contributed by atoms with Gasteiger partial charge < -0.3 is 4.90 Å². The zero-order valence-corrected chi connectivity index (χ0v) is 17.4. The molecule has 1 spiro atoms. The van der Waals surface area contributed by atoms with Crippen molar-refractivity contribution < 1.29 is 4.39 Å². The van der Waals surface area contributed by atoms with Gasteiger partial charge in [-0.1, -0.05) is 30.3 Å². The largest absolute Gasteiger partial charge is 0.309 e. The van der Waals surface area contributed by atoms with Crippen molar-refractivity contribution in [1.82, 2.24) is 14.9 Å². The summed E-state index contributed by atoms with van der Waals surface area (Å²) < 4.78 is 14.1. The molecule has 2 aromatic carbocycles. The van der Waals surface area contributed by atoms with Gasteiger partial charge in [0.25, 0.3) is 0 Å². The van der Waals surface area contributed by atoms with E-state index in [2.05, 4.69) is 52.1 Å². The van der Waals surface area contributed by atoms with Crippen LogP contribution in [0.2, 0.25) is 0 Å². The summed E-state index contributed by atoms with van der Waals surface area (Å²) in [5, 5.41) is 0. The lowest BCUT2D eigenvalue weighted by Gasteiger charge is -2.26. The topological polar surface area (TPSA) is 32.3 Å². The van der Waals surface area contributed by atoms with Gasteiger partial charge in [-0.2, -0.15) is 0 Å². The molecule has 1 aliphatic heterocycles. The Morgan fingerprint density at radius 3 is 2.33 bits per heavy atom. The van der Waals surface area contributed by atoms with E-state index in [9.17, 15) is 4.39 Å². The molecule has 0 bridgehead atoms. The lowest BCUT2D eigenvalue weighted by molar-refractivity contribution is 0.276. The van der Waals surface area contributed by atoms with Crippen LogP contribution in [0, 0.1) is 5.82 Å². The standard InChI is InChI=1S/C25H25FN4/c1-29(2)25(11-12-25)18-7-8-20-22(13-18)30(16-24(20)9-10-24)23-27-14-17(15-28-23)19-5-3-4-6-21(19)26/h3-8,13-15H,9-12,16H2,1-2H3. The normalized spacial score (nSPS) is 19.9. The van der Waals surface area contributed by atoms with Crippen molar-refractivity contribution in [3.05, 3.63) is 71.8 Å².